The van der Waals surface area contributed by atoms with Crippen LogP contribution in [-0.2, 0) is 15.7 Å². The van der Waals surface area contributed by atoms with Gasteiger partial charge in [0.05, 0.1) is 10.6 Å². The second kappa shape index (κ2) is 5.75. The van der Waals surface area contributed by atoms with E-state index in [4.69, 9.17) is 0 Å². The van der Waals surface area contributed by atoms with Gasteiger partial charge in [-0.25, -0.2) is 0 Å². The predicted octanol–water partition coefficient (Wildman–Crippen LogP) is 3.06. The summed E-state index contributed by atoms with van der Waals surface area (Å²) >= 11 is 0. The molecule has 1 aliphatic carbocycles. The Kier molecular flexibility index (Phi) is 3.87. The third kappa shape index (κ3) is 2.39. The topological polar surface area (TPSA) is 87.0 Å². The molecule has 0 radical (unpaired) electrons. The van der Waals surface area contributed by atoms with Crippen LogP contribution in [0.15, 0.2) is 58.5 Å². The summed E-state index contributed by atoms with van der Waals surface area (Å²) in [5.41, 5.74) is -0.808. The van der Waals surface area contributed by atoms with Crippen molar-refractivity contribution in [2.75, 3.05) is 0 Å². The first-order valence-electron chi connectivity index (χ1n) is 9.06. The van der Waals surface area contributed by atoms with Crippen LogP contribution in [0.3, 0.4) is 0 Å². The Hall–Kier alpha value is -2.51. The molecule has 0 spiro atoms. The Morgan fingerprint density at radius 2 is 1.68 bits per heavy atom. The predicted molar refractivity (Wildman–Crippen MR) is 105 cm³/mol. The highest BCUT2D eigenvalue weighted by molar-refractivity contribution is 7.89. The summed E-state index contributed by atoms with van der Waals surface area (Å²) in [4.78, 5) is 13.1. The molecule has 2 aromatic rings. The maximum Gasteiger partial charge on any atom is 0.282 e. The standard InChI is InChI=1S/C21H22N2O4S/c1-13-9-11-14(12-10-13)28(26,27)23-21(25)16-8-6-5-7-15(16)18(24)17(21)19(22-23)20(2,3)4/h5-12,17,25H,1-4H3/t17-,21-/m1/s1. The van der Waals surface area contributed by atoms with E-state index in [1.54, 1.807) is 36.4 Å². The number of ketones is 1. The molecule has 2 atom stereocenters. The highest BCUT2D eigenvalue weighted by Crippen LogP contribution is 2.52. The molecule has 146 valence electrons. The summed E-state index contributed by atoms with van der Waals surface area (Å²) < 4.78 is 27.6. The number of carbonyl (C=O) groups is 1. The van der Waals surface area contributed by atoms with E-state index in [2.05, 4.69) is 5.10 Å². The molecule has 0 amide bonds. The van der Waals surface area contributed by atoms with Gasteiger partial charge in [-0.05, 0) is 19.1 Å². The highest BCUT2D eigenvalue weighted by Gasteiger charge is 2.65. The van der Waals surface area contributed by atoms with E-state index in [0.29, 0.717) is 11.3 Å². The summed E-state index contributed by atoms with van der Waals surface area (Å²) in [5.74, 6) is -1.38. The Morgan fingerprint density at radius 1 is 1.07 bits per heavy atom. The number of carbonyl (C=O) groups excluding carboxylic acids is 1. The number of rotatable bonds is 2. The fourth-order valence-corrected chi connectivity index (χ4v) is 5.35. The van der Waals surface area contributed by atoms with Crippen LogP contribution in [0, 0.1) is 18.3 Å². The van der Waals surface area contributed by atoms with Crippen LogP contribution in [0.25, 0.3) is 0 Å². The molecular formula is C21H22N2O4S. The number of aliphatic hydroxyl groups is 1. The van der Waals surface area contributed by atoms with Gasteiger partial charge < -0.3 is 5.11 Å². The molecule has 1 N–H and O–H groups in total. The van der Waals surface area contributed by atoms with E-state index in [1.165, 1.54) is 12.1 Å². The van der Waals surface area contributed by atoms with Gasteiger partial charge in [0, 0.05) is 16.5 Å². The molecule has 4 rings (SSSR count). The molecule has 0 saturated carbocycles. The summed E-state index contributed by atoms with van der Waals surface area (Å²) in [7, 11) is -4.18. The zero-order valence-electron chi connectivity index (χ0n) is 16.2. The van der Waals surface area contributed by atoms with E-state index in [-0.39, 0.29) is 16.2 Å². The van der Waals surface area contributed by atoms with Crippen molar-refractivity contribution in [3.05, 3.63) is 65.2 Å². The first-order valence-corrected chi connectivity index (χ1v) is 10.5. The number of fused-ring (bicyclic) bond motifs is 3. The zero-order chi connectivity index (χ0) is 20.5. The SMILES string of the molecule is Cc1ccc(S(=O)(=O)N2N=C(C(C)(C)C)[C@H]3C(=O)c4ccccc4[C@@]32O)cc1. The molecule has 0 unspecified atom stereocenters. The molecule has 28 heavy (non-hydrogen) atoms. The monoisotopic (exact) mass is 398 g/mol. The van der Waals surface area contributed by atoms with Gasteiger partial charge in [0.15, 0.2) is 5.78 Å². The number of benzene rings is 2. The maximum absolute atomic E-state index is 13.4. The van der Waals surface area contributed by atoms with Crippen molar-refractivity contribution in [2.24, 2.45) is 16.4 Å². The van der Waals surface area contributed by atoms with Crippen molar-refractivity contribution >= 4 is 21.5 Å². The van der Waals surface area contributed by atoms with Crippen LogP contribution in [-0.4, -0.2) is 29.4 Å². The third-order valence-corrected chi connectivity index (χ3v) is 7.02. The van der Waals surface area contributed by atoms with Gasteiger partial charge in [-0.2, -0.15) is 13.5 Å². The Bertz CT molecular complexity index is 1110. The van der Waals surface area contributed by atoms with E-state index >= 15 is 0 Å². The molecule has 1 aliphatic heterocycles. The Balaban J connectivity index is 1.98. The van der Waals surface area contributed by atoms with Crippen LogP contribution in [0.2, 0.25) is 0 Å². The average Bonchev–Trinajstić information content (AvgIpc) is 3.06. The number of hydrazone groups is 1. The summed E-state index contributed by atoms with van der Waals surface area (Å²) in [6.45, 7) is 7.41. The maximum atomic E-state index is 13.4. The van der Waals surface area contributed by atoms with Crippen LogP contribution in [0.5, 0.6) is 0 Å². The lowest BCUT2D eigenvalue weighted by atomic mass is 9.78. The van der Waals surface area contributed by atoms with Gasteiger partial charge in [0.25, 0.3) is 10.0 Å². The van der Waals surface area contributed by atoms with Crippen LogP contribution in [0.4, 0.5) is 0 Å². The van der Waals surface area contributed by atoms with Gasteiger partial charge in [-0.15, -0.1) is 4.41 Å². The molecule has 0 bridgehead atoms. The van der Waals surface area contributed by atoms with Crippen LogP contribution in [0.1, 0.15) is 42.3 Å². The molecule has 7 heteroatoms. The van der Waals surface area contributed by atoms with Crippen LogP contribution < -0.4 is 0 Å². The molecule has 0 aromatic heterocycles. The molecule has 2 aromatic carbocycles. The first kappa shape index (κ1) is 18.8. The van der Waals surface area contributed by atoms with E-state index in [1.807, 2.05) is 27.7 Å². The van der Waals surface area contributed by atoms with Crippen molar-refractivity contribution in [3.8, 4) is 0 Å². The van der Waals surface area contributed by atoms with Crippen molar-refractivity contribution < 1.29 is 18.3 Å². The fourth-order valence-electron chi connectivity index (χ4n) is 3.90. The minimum Gasteiger partial charge on any atom is -0.364 e. The molecule has 1 heterocycles. The summed E-state index contributed by atoms with van der Waals surface area (Å²) in [6.07, 6.45) is 0. The van der Waals surface area contributed by atoms with E-state index in [9.17, 15) is 18.3 Å². The normalized spacial score (nSPS) is 24.2. The zero-order valence-corrected chi connectivity index (χ0v) is 17.0. The second-order valence-electron chi connectivity index (χ2n) is 8.37. The number of hydrogen-bond donors (Lipinski definition) is 1. The Labute approximate surface area is 164 Å². The van der Waals surface area contributed by atoms with Gasteiger partial charge in [-0.1, -0.05) is 62.7 Å². The lowest BCUT2D eigenvalue weighted by Gasteiger charge is -2.32. The van der Waals surface area contributed by atoms with Gasteiger partial charge in [-0.3, -0.25) is 4.79 Å². The molecule has 2 aliphatic rings. The molecule has 6 nitrogen and oxygen atoms in total. The fraction of sp³-hybridized carbons (Fsp3) is 0.333. The quantitative estimate of drug-likeness (QED) is 0.842. The summed E-state index contributed by atoms with van der Waals surface area (Å²) in [6, 6.07) is 12.9. The lowest BCUT2D eigenvalue weighted by Crippen LogP contribution is -2.48. The highest BCUT2D eigenvalue weighted by atomic mass is 32.2. The van der Waals surface area contributed by atoms with Crippen molar-refractivity contribution in [1.29, 1.82) is 0 Å². The van der Waals surface area contributed by atoms with Crippen molar-refractivity contribution in [2.45, 2.75) is 38.3 Å². The average molecular weight is 398 g/mol. The van der Waals surface area contributed by atoms with Gasteiger partial charge in [0.1, 0.15) is 5.92 Å². The number of nitrogens with zero attached hydrogens (tertiary/aromatic N) is 2. The van der Waals surface area contributed by atoms with Gasteiger partial charge in [0.2, 0.25) is 5.72 Å². The van der Waals surface area contributed by atoms with Crippen LogP contribution >= 0.6 is 0 Å². The molecule has 0 fully saturated rings. The summed E-state index contributed by atoms with van der Waals surface area (Å²) in [5, 5.41) is 16.0. The van der Waals surface area contributed by atoms with Gasteiger partial charge >= 0.3 is 0 Å². The van der Waals surface area contributed by atoms with E-state index in [0.717, 1.165) is 9.98 Å². The Morgan fingerprint density at radius 3 is 2.29 bits per heavy atom. The molecular weight excluding hydrogens is 376 g/mol. The smallest absolute Gasteiger partial charge is 0.282 e. The van der Waals surface area contributed by atoms with E-state index < -0.39 is 27.1 Å². The molecule has 0 saturated heterocycles. The third-order valence-electron chi connectivity index (χ3n) is 5.33. The number of Topliss-reactive ketones (excluding diaryl/α,β-unsaturated/α-hetero) is 1. The van der Waals surface area contributed by atoms with Crippen molar-refractivity contribution in [1.82, 2.24) is 4.41 Å². The number of aryl methyl sites for hydroxylation is 1. The van der Waals surface area contributed by atoms with Crippen molar-refractivity contribution in [3.63, 3.8) is 0 Å². The minimum absolute atomic E-state index is 0.0148. The largest absolute Gasteiger partial charge is 0.364 e. The number of sulfonamides is 1. The minimum atomic E-state index is -4.18. The first-order chi connectivity index (χ1) is 13.0. The lowest BCUT2D eigenvalue weighted by molar-refractivity contribution is -0.0656. The second-order valence-corrected chi connectivity index (χ2v) is 10.1. The number of hydrogen-bond acceptors (Lipinski definition) is 5.